The van der Waals surface area contributed by atoms with Gasteiger partial charge in [-0.25, -0.2) is 0 Å². The number of hydrogen-bond acceptors (Lipinski definition) is 4. The Bertz CT molecular complexity index is 1040. The number of benzene rings is 1. The largest absolute Gasteiger partial charge is 0.465 e. The number of carbonyl (C=O) groups excluding carboxylic acids is 1. The topological polar surface area (TPSA) is 49.6 Å². The van der Waals surface area contributed by atoms with Crippen LogP contribution in [0.25, 0.3) is 0 Å². The molecule has 0 N–H and O–H groups in total. The van der Waals surface area contributed by atoms with Crippen LogP contribution in [-0.4, -0.2) is 40.3 Å². The third-order valence-corrected chi connectivity index (χ3v) is 6.55. The van der Waals surface area contributed by atoms with E-state index in [0.29, 0.717) is 18.4 Å². The van der Waals surface area contributed by atoms with Gasteiger partial charge in [-0.05, 0) is 49.1 Å². The molecule has 4 rings (SSSR count). The molecule has 1 aliphatic heterocycles. The first-order valence-electron chi connectivity index (χ1n) is 11.9. The Kier molecular flexibility index (Phi) is 7.29. The zero-order valence-electron chi connectivity index (χ0n) is 20.2. The summed E-state index contributed by atoms with van der Waals surface area (Å²) < 4.78 is 5.85. The predicted octanol–water partition coefficient (Wildman–Crippen LogP) is 5.19. The summed E-state index contributed by atoms with van der Waals surface area (Å²) in [5, 5.41) is 0. The van der Waals surface area contributed by atoms with Crippen molar-refractivity contribution in [3.05, 3.63) is 89.1 Å². The summed E-state index contributed by atoms with van der Waals surface area (Å²) in [6.45, 7) is 12.1. The van der Waals surface area contributed by atoms with Crippen LogP contribution < -0.4 is 0 Å². The molecule has 0 radical (unpaired) electrons. The first kappa shape index (κ1) is 23.2. The maximum Gasteiger partial charge on any atom is 0.225 e. The quantitative estimate of drug-likeness (QED) is 0.479. The molecule has 174 valence electrons. The van der Waals surface area contributed by atoms with Crippen LogP contribution in [0.2, 0.25) is 0 Å². The molecule has 1 aliphatic rings. The molecule has 1 saturated heterocycles. The molecule has 0 saturated carbocycles. The molecule has 0 spiro atoms. The molecule has 1 aromatic carbocycles. The van der Waals surface area contributed by atoms with Crippen LogP contribution in [0.4, 0.5) is 0 Å². The summed E-state index contributed by atoms with van der Waals surface area (Å²) in [5.41, 5.74) is 3.69. The lowest BCUT2D eigenvalue weighted by molar-refractivity contribution is -0.135. The molecule has 0 bridgehead atoms. The summed E-state index contributed by atoms with van der Waals surface area (Å²) >= 11 is 0. The highest BCUT2D eigenvalue weighted by Crippen LogP contribution is 2.35. The Balaban J connectivity index is 1.57. The van der Waals surface area contributed by atoms with E-state index in [1.165, 1.54) is 11.1 Å². The van der Waals surface area contributed by atoms with Gasteiger partial charge in [-0.2, -0.15) is 0 Å². The molecule has 1 amide bonds. The van der Waals surface area contributed by atoms with E-state index in [0.717, 1.165) is 43.3 Å². The lowest BCUT2D eigenvalue weighted by Crippen LogP contribution is -2.39. The molecule has 3 heterocycles. The summed E-state index contributed by atoms with van der Waals surface area (Å²) in [4.78, 5) is 21.9. The molecular weight excluding hydrogens is 410 g/mol. The molecule has 3 aromatic rings. The lowest BCUT2D eigenvalue weighted by atomic mass is 9.88. The highest BCUT2D eigenvalue weighted by atomic mass is 16.3. The van der Waals surface area contributed by atoms with E-state index >= 15 is 0 Å². The Labute approximate surface area is 197 Å². The highest BCUT2D eigenvalue weighted by molar-refractivity contribution is 5.78. The number of rotatable bonds is 8. The van der Waals surface area contributed by atoms with Gasteiger partial charge in [0.15, 0.2) is 0 Å². The van der Waals surface area contributed by atoms with Gasteiger partial charge >= 0.3 is 0 Å². The standard InChI is InChI=1S/C28H35N3O2/c1-20(2)28(32)31(15-23-6-5-13-29-14-23)17-25-16-30(18-26-12-9-22(4)33-26)19-27(25)24-10-7-21(3)8-11-24/h5-14,20,25,27H,15-19H2,1-4H3. The van der Waals surface area contributed by atoms with Gasteiger partial charge in [0.05, 0.1) is 6.54 Å². The molecule has 2 aromatic heterocycles. The number of carbonyl (C=O) groups is 1. The normalized spacial score (nSPS) is 18.7. The number of aromatic nitrogens is 1. The minimum atomic E-state index is -0.0388. The van der Waals surface area contributed by atoms with Crippen molar-refractivity contribution in [1.82, 2.24) is 14.8 Å². The summed E-state index contributed by atoms with van der Waals surface area (Å²) in [6, 6.07) is 17.0. The number of aryl methyl sites for hydroxylation is 2. The van der Waals surface area contributed by atoms with Crippen LogP contribution >= 0.6 is 0 Å². The molecule has 0 aliphatic carbocycles. The molecule has 2 atom stereocenters. The van der Waals surface area contributed by atoms with Gasteiger partial charge < -0.3 is 9.32 Å². The van der Waals surface area contributed by atoms with Gasteiger partial charge in [-0.1, -0.05) is 49.7 Å². The van der Waals surface area contributed by atoms with Crippen LogP contribution in [0.5, 0.6) is 0 Å². The third kappa shape index (κ3) is 5.91. The number of hydrogen-bond donors (Lipinski definition) is 0. The number of amides is 1. The van der Waals surface area contributed by atoms with Gasteiger partial charge in [0.25, 0.3) is 0 Å². The van der Waals surface area contributed by atoms with E-state index in [4.69, 9.17) is 4.42 Å². The fourth-order valence-corrected chi connectivity index (χ4v) is 4.85. The summed E-state index contributed by atoms with van der Waals surface area (Å²) in [6.07, 6.45) is 3.63. The smallest absolute Gasteiger partial charge is 0.225 e. The van der Waals surface area contributed by atoms with Gasteiger partial charge in [0, 0.05) is 50.4 Å². The monoisotopic (exact) mass is 445 g/mol. The molecule has 1 fully saturated rings. The lowest BCUT2D eigenvalue weighted by Gasteiger charge is -2.30. The predicted molar refractivity (Wildman–Crippen MR) is 131 cm³/mol. The second-order valence-corrected chi connectivity index (χ2v) is 9.72. The van der Waals surface area contributed by atoms with Crippen LogP contribution in [-0.2, 0) is 17.9 Å². The van der Waals surface area contributed by atoms with E-state index in [-0.39, 0.29) is 11.8 Å². The molecular formula is C28H35N3O2. The van der Waals surface area contributed by atoms with Crippen molar-refractivity contribution in [3.8, 4) is 0 Å². The van der Waals surface area contributed by atoms with Gasteiger partial charge in [0.2, 0.25) is 5.91 Å². The first-order chi connectivity index (χ1) is 15.9. The van der Waals surface area contributed by atoms with Crippen LogP contribution in [0.3, 0.4) is 0 Å². The minimum Gasteiger partial charge on any atom is -0.465 e. The van der Waals surface area contributed by atoms with Crippen molar-refractivity contribution in [3.63, 3.8) is 0 Å². The molecule has 5 heteroatoms. The summed E-state index contributed by atoms with van der Waals surface area (Å²) in [5.74, 6) is 2.83. The second-order valence-electron chi connectivity index (χ2n) is 9.72. The number of likely N-dealkylation sites (tertiary alicyclic amines) is 1. The molecule has 33 heavy (non-hydrogen) atoms. The Hall–Kier alpha value is -2.92. The van der Waals surface area contributed by atoms with Crippen LogP contribution in [0.1, 0.15) is 48.0 Å². The average Bonchev–Trinajstić information content (AvgIpc) is 3.39. The SMILES string of the molecule is Cc1ccc(C2CN(Cc3ccc(C)o3)CC2CN(Cc2cccnc2)C(=O)C(C)C)cc1. The van der Waals surface area contributed by atoms with E-state index in [1.54, 1.807) is 6.20 Å². The van der Waals surface area contributed by atoms with Crippen molar-refractivity contribution in [2.45, 2.75) is 46.7 Å². The summed E-state index contributed by atoms with van der Waals surface area (Å²) in [7, 11) is 0. The van der Waals surface area contributed by atoms with Crippen LogP contribution in [0, 0.1) is 25.7 Å². The number of furan rings is 1. The zero-order chi connectivity index (χ0) is 23.4. The van der Waals surface area contributed by atoms with Gasteiger partial charge in [0.1, 0.15) is 11.5 Å². The van der Waals surface area contributed by atoms with E-state index in [1.807, 2.05) is 50.1 Å². The highest BCUT2D eigenvalue weighted by Gasteiger charge is 2.36. The van der Waals surface area contributed by atoms with Gasteiger partial charge in [-0.15, -0.1) is 0 Å². The third-order valence-electron chi connectivity index (χ3n) is 6.55. The van der Waals surface area contributed by atoms with E-state index in [2.05, 4.69) is 47.1 Å². The minimum absolute atomic E-state index is 0.0388. The van der Waals surface area contributed by atoms with Crippen molar-refractivity contribution in [2.75, 3.05) is 19.6 Å². The van der Waals surface area contributed by atoms with E-state index < -0.39 is 0 Å². The van der Waals surface area contributed by atoms with Crippen LogP contribution in [0.15, 0.2) is 65.3 Å². The Morgan fingerprint density at radius 3 is 2.55 bits per heavy atom. The number of pyridine rings is 1. The zero-order valence-corrected chi connectivity index (χ0v) is 20.2. The van der Waals surface area contributed by atoms with Crippen molar-refractivity contribution >= 4 is 5.91 Å². The van der Waals surface area contributed by atoms with Crippen molar-refractivity contribution < 1.29 is 9.21 Å². The second kappa shape index (κ2) is 10.3. The first-order valence-corrected chi connectivity index (χ1v) is 11.9. The fraction of sp³-hybridized carbons (Fsp3) is 0.429. The number of nitrogens with zero attached hydrogens (tertiary/aromatic N) is 3. The van der Waals surface area contributed by atoms with E-state index in [9.17, 15) is 4.79 Å². The Morgan fingerprint density at radius 1 is 1.12 bits per heavy atom. The molecule has 2 unspecified atom stereocenters. The maximum absolute atomic E-state index is 13.2. The Morgan fingerprint density at radius 2 is 1.91 bits per heavy atom. The fourth-order valence-electron chi connectivity index (χ4n) is 4.85. The van der Waals surface area contributed by atoms with Crippen molar-refractivity contribution in [1.29, 1.82) is 0 Å². The van der Waals surface area contributed by atoms with Crippen molar-refractivity contribution in [2.24, 2.45) is 11.8 Å². The van der Waals surface area contributed by atoms with Gasteiger partial charge in [-0.3, -0.25) is 14.7 Å². The molecule has 5 nitrogen and oxygen atoms in total. The maximum atomic E-state index is 13.2. The average molecular weight is 446 g/mol.